The molecule has 0 aromatic rings. The molecule has 0 spiro atoms. The Kier molecular flexibility index (Phi) is 4.90. The maximum absolute atomic E-state index is 12.6. The van der Waals surface area contributed by atoms with Gasteiger partial charge in [0.25, 0.3) is 0 Å². The molecule has 1 saturated heterocycles. The van der Waals surface area contributed by atoms with Crippen LogP contribution in [0.3, 0.4) is 0 Å². The Hall–Kier alpha value is -2.14. The lowest BCUT2D eigenvalue weighted by Gasteiger charge is -2.34. The third-order valence-electron chi connectivity index (χ3n) is 3.32. The van der Waals surface area contributed by atoms with Gasteiger partial charge in [-0.15, -0.1) is 0 Å². The summed E-state index contributed by atoms with van der Waals surface area (Å²) in [4.78, 5) is 35.5. The summed E-state index contributed by atoms with van der Waals surface area (Å²) in [5.41, 5.74) is 0. The quantitative estimate of drug-likeness (QED) is 0.665. The van der Waals surface area contributed by atoms with Crippen LogP contribution in [-0.2, 0) is 14.3 Å². The molecular formula is C12H14F3N3O5. The van der Waals surface area contributed by atoms with Gasteiger partial charge >= 0.3 is 18.1 Å². The lowest BCUT2D eigenvalue weighted by atomic mass is 10.2. The first-order chi connectivity index (χ1) is 10.7. The molecule has 2 rings (SSSR count). The molecule has 2 aliphatic heterocycles. The summed E-state index contributed by atoms with van der Waals surface area (Å²) in [6, 6.07) is -0.823. The summed E-state index contributed by atoms with van der Waals surface area (Å²) in [5, 5.41) is 11.4. The highest BCUT2D eigenvalue weighted by Crippen LogP contribution is 2.23. The second-order valence-electron chi connectivity index (χ2n) is 4.95. The van der Waals surface area contributed by atoms with Gasteiger partial charge in [0.15, 0.2) is 6.23 Å². The zero-order valence-electron chi connectivity index (χ0n) is 11.7. The maximum atomic E-state index is 12.6. The van der Waals surface area contributed by atoms with Crippen molar-refractivity contribution in [3.8, 4) is 0 Å². The molecule has 0 saturated carbocycles. The number of hydrogen-bond donors (Lipinski definition) is 2. The average Bonchev–Trinajstić information content (AvgIpc) is 2.68. The van der Waals surface area contributed by atoms with E-state index in [1.54, 1.807) is 0 Å². The van der Waals surface area contributed by atoms with Gasteiger partial charge in [-0.25, -0.2) is 4.79 Å². The van der Waals surface area contributed by atoms with Crippen LogP contribution in [0.2, 0.25) is 0 Å². The van der Waals surface area contributed by atoms with Gasteiger partial charge in [0.2, 0.25) is 0 Å². The van der Waals surface area contributed by atoms with Crippen molar-refractivity contribution in [2.75, 3.05) is 13.1 Å². The highest BCUT2D eigenvalue weighted by molar-refractivity contribution is 5.82. The molecule has 11 heteroatoms. The van der Waals surface area contributed by atoms with Crippen LogP contribution in [0, 0.1) is 0 Å². The number of hydrogen-bond acceptors (Lipinski definition) is 5. The molecular weight excluding hydrogens is 323 g/mol. The van der Waals surface area contributed by atoms with Crippen LogP contribution in [0.1, 0.15) is 6.42 Å². The Morgan fingerprint density at radius 1 is 1.48 bits per heavy atom. The van der Waals surface area contributed by atoms with Crippen molar-refractivity contribution in [2.45, 2.75) is 31.2 Å². The zero-order chi connectivity index (χ0) is 17.2. The minimum absolute atomic E-state index is 0.121. The molecule has 2 N–H and O–H groups in total. The summed E-state index contributed by atoms with van der Waals surface area (Å²) >= 11 is 0. The van der Waals surface area contributed by atoms with Crippen LogP contribution in [-0.4, -0.2) is 71.0 Å². The van der Waals surface area contributed by atoms with Crippen molar-refractivity contribution in [3.05, 3.63) is 12.3 Å². The van der Waals surface area contributed by atoms with Crippen molar-refractivity contribution >= 4 is 18.2 Å². The Labute approximate surface area is 128 Å². The van der Waals surface area contributed by atoms with Crippen molar-refractivity contribution in [1.29, 1.82) is 0 Å². The number of nitrogens with one attached hydrogen (secondary N) is 1. The fourth-order valence-corrected chi connectivity index (χ4v) is 2.21. The number of aliphatic hydroxyl groups excluding tert-OH is 1. The number of nitrogens with zero attached hydrogens (tertiary/aromatic N) is 2. The second kappa shape index (κ2) is 6.54. The first kappa shape index (κ1) is 17.2. The topological polar surface area (TPSA) is 99.2 Å². The number of alkyl halides is 3. The van der Waals surface area contributed by atoms with Gasteiger partial charge in [-0.1, -0.05) is 0 Å². The number of rotatable bonds is 2. The van der Waals surface area contributed by atoms with E-state index in [0.717, 1.165) is 11.1 Å². The zero-order valence-corrected chi connectivity index (χ0v) is 11.7. The Balaban J connectivity index is 2.22. The standard InChI is InChI=1S/C12H14F3N3O5/c13-12(14,15)10(21)17-3-1-7(6-19)23-9(5-17)18-4-2-8(20)16-11(18)22/h2,4,6-9,20H,1,3,5H2,(H,16,22). The Morgan fingerprint density at radius 3 is 2.74 bits per heavy atom. The molecule has 2 heterocycles. The number of urea groups is 1. The largest absolute Gasteiger partial charge is 0.471 e. The molecule has 8 nitrogen and oxygen atoms in total. The molecule has 0 aromatic heterocycles. The smallest absolute Gasteiger partial charge is 0.370 e. The van der Waals surface area contributed by atoms with E-state index in [0.29, 0.717) is 11.2 Å². The van der Waals surface area contributed by atoms with Crippen molar-refractivity contribution in [2.24, 2.45) is 0 Å². The number of aldehydes is 1. The Morgan fingerprint density at radius 2 is 2.17 bits per heavy atom. The SMILES string of the molecule is O=CC1CCN(C(=O)C(F)(F)F)CC(N2C=CC(O)NC2=O)O1. The van der Waals surface area contributed by atoms with Gasteiger partial charge in [0.1, 0.15) is 18.6 Å². The maximum Gasteiger partial charge on any atom is 0.471 e. The molecule has 2 aliphatic rings. The van der Waals surface area contributed by atoms with Gasteiger partial charge in [-0.05, 0) is 12.5 Å². The van der Waals surface area contributed by atoms with Crippen LogP contribution >= 0.6 is 0 Å². The molecule has 1 fully saturated rings. The molecule has 0 radical (unpaired) electrons. The number of halogens is 3. The number of carbonyl (C=O) groups excluding carboxylic acids is 3. The normalized spacial score (nSPS) is 29.0. The minimum atomic E-state index is -5.07. The molecule has 0 bridgehead atoms. The van der Waals surface area contributed by atoms with Crippen molar-refractivity contribution in [3.63, 3.8) is 0 Å². The van der Waals surface area contributed by atoms with E-state index in [2.05, 4.69) is 5.32 Å². The van der Waals surface area contributed by atoms with E-state index in [1.807, 2.05) is 0 Å². The summed E-state index contributed by atoms with van der Waals surface area (Å²) in [5.74, 6) is -2.07. The highest BCUT2D eigenvalue weighted by Gasteiger charge is 2.45. The molecule has 0 aromatic carbocycles. The minimum Gasteiger partial charge on any atom is -0.370 e. The molecule has 23 heavy (non-hydrogen) atoms. The second-order valence-corrected chi connectivity index (χ2v) is 4.95. The van der Waals surface area contributed by atoms with Gasteiger partial charge in [0, 0.05) is 12.7 Å². The van der Waals surface area contributed by atoms with Crippen molar-refractivity contribution < 1.29 is 37.4 Å². The first-order valence-electron chi connectivity index (χ1n) is 6.64. The lowest BCUT2D eigenvalue weighted by molar-refractivity contribution is -0.186. The fourth-order valence-electron chi connectivity index (χ4n) is 2.21. The molecule has 3 atom stereocenters. The molecule has 3 amide bonds. The van der Waals surface area contributed by atoms with Gasteiger partial charge in [-0.3, -0.25) is 9.69 Å². The summed E-state index contributed by atoms with van der Waals surface area (Å²) in [6.07, 6.45) is -6.08. The van der Waals surface area contributed by atoms with E-state index in [4.69, 9.17) is 4.74 Å². The number of ether oxygens (including phenoxy) is 1. The molecule has 128 valence electrons. The van der Waals surface area contributed by atoms with E-state index >= 15 is 0 Å². The summed E-state index contributed by atoms with van der Waals surface area (Å²) in [7, 11) is 0. The first-order valence-corrected chi connectivity index (χ1v) is 6.64. The van der Waals surface area contributed by atoms with Crippen LogP contribution in [0.4, 0.5) is 18.0 Å². The molecule has 0 aliphatic carbocycles. The van der Waals surface area contributed by atoms with E-state index in [9.17, 15) is 32.7 Å². The third-order valence-corrected chi connectivity index (χ3v) is 3.32. The van der Waals surface area contributed by atoms with Crippen molar-refractivity contribution in [1.82, 2.24) is 15.1 Å². The van der Waals surface area contributed by atoms with Gasteiger partial charge in [0.05, 0.1) is 6.54 Å². The van der Waals surface area contributed by atoms with E-state index in [-0.39, 0.29) is 13.0 Å². The van der Waals surface area contributed by atoms with Crippen LogP contribution in [0.15, 0.2) is 12.3 Å². The monoisotopic (exact) mass is 337 g/mol. The van der Waals surface area contributed by atoms with Crippen LogP contribution in [0.5, 0.6) is 0 Å². The Bertz CT molecular complexity index is 525. The number of amides is 3. The van der Waals surface area contributed by atoms with Crippen LogP contribution in [0.25, 0.3) is 0 Å². The fraction of sp³-hybridized carbons (Fsp3) is 0.583. The number of carbonyl (C=O) groups is 3. The highest BCUT2D eigenvalue weighted by atomic mass is 19.4. The summed E-state index contributed by atoms with van der Waals surface area (Å²) < 4.78 is 43.1. The van der Waals surface area contributed by atoms with E-state index in [1.165, 1.54) is 6.08 Å². The van der Waals surface area contributed by atoms with E-state index < -0.39 is 43.2 Å². The molecule has 3 unspecified atom stereocenters. The van der Waals surface area contributed by atoms with Crippen LogP contribution < -0.4 is 5.32 Å². The number of aliphatic hydroxyl groups is 1. The summed E-state index contributed by atoms with van der Waals surface area (Å²) in [6.45, 7) is -0.892. The predicted octanol–water partition coefficient (Wildman–Crippen LogP) is -0.451. The lowest BCUT2D eigenvalue weighted by Crippen LogP contribution is -2.54. The third kappa shape index (κ3) is 3.99. The van der Waals surface area contributed by atoms with Gasteiger partial charge < -0.3 is 24.9 Å². The average molecular weight is 337 g/mol. The predicted molar refractivity (Wildman–Crippen MR) is 67.5 cm³/mol. The van der Waals surface area contributed by atoms with Gasteiger partial charge in [-0.2, -0.15) is 13.2 Å².